The average Bonchev–Trinajstić information content (AvgIpc) is 3.32. The molecule has 202 valence electrons. The molecule has 3 amide bonds. The Hall–Kier alpha value is -1.48. The first-order valence-corrected chi connectivity index (χ1v) is 14.6. The highest BCUT2D eigenvalue weighted by Crippen LogP contribution is 2.32. The summed E-state index contributed by atoms with van der Waals surface area (Å²) in [6, 6.07) is -0.988. The smallest absolute Gasteiger partial charge is 0.407 e. The van der Waals surface area contributed by atoms with Crippen LogP contribution in [-0.4, -0.2) is 71.1 Å². The van der Waals surface area contributed by atoms with Gasteiger partial charge in [-0.2, -0.15) is 11.8 Å². The number of nitrogens with zero attached hydrogens (tertiary/aromatic N) is 1. The van der Waals surface area contributed by atoms with E-state index in [-0.39, 0.29) is 17.9 Å². The van der Waals surface area contributed by atoms with Crippen LogP contribution in [0.2, 0.25) is 0 Å². The van der Waals surface area contributed by atoms with Gasteiger partial charge >= 0.3 is 6.09 Å². The number of likely N-dealkylation sites (tertiary alicyclic amines) is 1. The second kappa shape index (κ2) is 14.9. The van der Waals surface area contributed by atoms with Gasteiger partial charge in [0.25, 0.3) is 0 Å². The first-order valence-electron chi connectivity index (χ1n) is 13.6. The van der Waals surface area contributed by atoms with Crippen molar-refractivity contribution in [1.29, 1.82) is 0 Å². The van der Waals surface area contributed by atoms with Crippen molar-refractivity contribution in [2.24, 2.45) is 11.7 Å². The van der Waals surface area contributed by atoms with Gasteiger partial charge in [-0.3, -0.25) is 9.59 Å². The Labute approximate surface area is 216 Å². The maximum absolute atomic E-state index is 13.8. The number of ether oxygens (including phenoxy) is 1. The lowest BCUT2D eigenvalue weighted by molar-refractivity contribution is -0.140. The number of carbonyl (C=O) groups is 3. The van der Waals surface area contributed by atoms with E-state index in [1.165, 1.54) is 0 Å². The minimum Gasteiger partial charge on any atom is -0.450 e. The first-order chi connectivity index (χ1) is 16.7. The van der Waals surface area contributed by atoms with Crippen molar-refractivity contribution in [1.82, 2.24) is 15.5 Å². The van der Waals surface area contributed by atoms with E-state index in [4.69, 9.17) is 10.5 Å². The molecule has 1 saturated heterocycles. The molecular weight excluding hydrogens is 464 g/mol. The predicted octanol–water partition coefficient (Wildman–Crippen LogP) is 3.82. The molecule has 0 bridgehead atoms. The number of rotatable bonds is 13. The number of hydrogen-bond acceptors (Lipinski definition) is 6. The number of thioether (sulfide) groups is 1. The SMILES string of the molecule is CCCCOC(=O)N[C@@H](C(=O)N1CCC[C@H]1C(=O)NCC1CCC(N)CC1)C(C)(C)SCCCC. The van der Waals surface area contributed by atoms with Crippen molar-refractivity contribution >= 4 is 29.7 Å². The lowest BCUT2D eigenvalue weighted by atomic mass is 9.86. The number of alkyl carbamates (subject to hydrolysis) is 1. The van der Waals surface area contributed by atoms with E-state index in [0.29, 0.717) is 32.0 Å². The fourth-order valence-electron chi connectivity index (χ4n) is 4.79. The molecule has 0 aromatic heterocycles. The van der Waals surface area contributed by atoms with E-state index in [9.17, 15) is 14.4 Å². The molecule has 2 rings (SSSR count). The van der Waals surface area contributed by atoms with Crippen LogP contribution >= 0.6 is 11.8 Å². The summed E-state index contributed by atoms with van der Waals surface area (Å²) in [6.07, 6.45) is 8.72. The Morgan fingerprint density at radius 3 is 2.43 bits per heavy atom. The fraction of sp³-hybridized carbons (Fsp3) is 0.885. The fourth-order valence-corrected chi connectivity index (χ4v) is 6.07. The van der Waals surface area contributed by atoms with Crippen molar-refractivity contribution in [3.8, 4) is 0 Å². The highest BCUT2D eigenvalue weighted by Gasteiger charge is 2.44. The van der Waals surface area contributed by atoms with Crippen LogP contribution < -0.4 is 16.4 Å². The summed E-state index contributed by atoms with van der Waals surface area (Å²) in [6.45, 7) is 9.62. The van der Waals surface area contributed by atoms with Gasteiger partial charge in [-0.15, -0.1) is 0 Å². The molecule has 0 unspecified atom stereocenters. The normalized spacial score (nSPS) is 23.6. The van der Waals surface area contributed by atoms with Gasteiger partial charge in [-0.05, 0) is 76.9 Å². The molecule has 0 spiro atoms. The van der Waals surface area contributed by atoms with Crippen molar-refractivity contribution in [2.75, 3.05) is 25.4 Å². The number of nitrogens with one attached hydrogen (secondary N) is 2. The lowest BCUT2D eigenvalue weighted by Crippen LogP contribution is -2.60. The number of carbonyl (C=O) groups excluding carboxylic acids is 3. The Balaban J connectivity index is 2.05. The highest BCUT2D eigenvalue weighted by molar-refractivity contribution is 8.00. The quantitative estimate of drug-likeness (QED) is 0.323. The van der Waals surface area contributed by atoms with Crippen LogP contribution in [0.3, 0.4) is 0 Å². The zero-order valence-electron chi connectivity index (χ0n) is 22.3. The van der Waals surface area contributed by atoms with Crippen LogP contribution in [0, 0.1) is 5.92 Å². The first kappa shape index (κ1) is 29.7. The van der Waals surface area contributed by atoms with Gasteiger partial charge in [-0.25, -0.2) is 4.79 Å². The summed E-state index contributed by atoms with van der Waals surface area (Å²) >= 11 is 1.68. The third-order valence-corrected chi connectivity index (χ3v) is 8.67. The minimum absolute atomic E-state index is 0.0913. The second-order valence-electron chi connectivity index (χ2n) is 10.6. The monoisotopic (exact) mass is 512 g/mol. The molecule has 2 atom stereocenters. The minimum atomic E-state index is -0.772. The Morgan fingerprint density at radius 2 is 1.77 bits per heavy atom. The molecule has 4 N–H and O–H groups in total. The molecule has 1 aliphatic carbocycles. The van der Waals surface area contributed by atoms with E-state index in [1.807, 2.05) is 20.8 Å². The Kier molecular flexibility index (Phi) is 12.7. The van der Waals surface area contributed by atoms with Gasteiger partial charge in [0.05, 0.1) is 6.61 Å². The van der Waals surface area contributed by atoms with Crippen LogP contribution in [0.15, 0.2) is 0 Å². The van der Waals surface area contributed by atoms with Gasteiger partial charge in [0.1, 0.15) is 12.1 Å². The maximum Gasteiger partial charge on any atom is 0.407 e. The van der Waals surface area contributed by atoms with Gasteiger partial charge < -0.3 is 26.0 Å². The van der Waals surface area contributed by atoms with Crippen LogP contribution in [-0.2, 0) is 14.3 Å². The summed E-state index contributed by atoms with van der Waals surface area (Å²) in [5.74, 6) is 1.05. The van der Waals surface area contributed by atoms with E-state index >= 15 is 0 Å². The molecule has 2 aliphatic rings. The van der Waals surface area contributed by atoms with Crippen molar-refractivity contribution in [3.63, 3.8) is 0 Å². The van der Waals surface area contributed by atoms with Crippen molar-refractivity contribution in [2.45, 2.75) is 115 Å². The van der Waals surface area contributed by atoms with Crippen LogP contribution in [0.1, 0.15) is 91.9 Å². The van der Waals surface area contributed by atoms with E-state index in [0.717, 1.165) is 63.5 Å². The molecule has 8 nitrogen and oxygen atoms in total. The highest BCUT2D eigenvalue weighted by atomic mass is 32.2. The molecule has 0 aromatic rings. The standard InChI is InChI=1S/C26H48N4O4S/c1-5-7-16-34-25(33)29-22(26(3,4)35-17-8-6-2)24(32)30-15-9-10-21(30)23(31)28-18-19-11-13-20(27)14-12-19/h19-22H,5-18,27H2,1-4H3,(H,28,31)(H,29,33)/t19?,20?,21-,22-/m0/s1. The van der Waals surface area contributed by atoms with E-state index in [2.05, 4.69) is 17.6 Å². The van der Waals surface area contributed by atoms with Gasteiger partial charge in [-0.1, -0.05) is 26.7 Å². The van der Waals surface area contributed by atoms with Gasteiger partial charge in [0.15, 0.2) is 0 Å². The summed E-state index contributed by atoms with van der Waals surface area (Å²) in [4.78, 5) is 41.1. The predicted molar refractivity (Wildman–Crippen MR) is 142 cm³/mol. The largest absolute Gasteiger partial charge is 0.450 e. The van der Waals surface area contributed by atoms with E-state index in [1.54, 1.807) is 16.7 Å². The molecular formula is C26H48N4O4S. The number of amides is 3. The van der Waals surface area contributed by atoms with Crippen LogP contribution in [0.4, 0.5) is 4.79 Å². The van der Waals surface area contributed by atoms with Crippen molar-refractivity contribution < 1.29 is 19.1 Å². The molecule has 1 heterocycles. The molecule has 1 aliphatic heterocycles. The molecule has 0 radical (unpaired) electrons. The third kappa shape index (κ3) is 9.48. The summed E-state index contributed by atoms with van der Waals surface area (Å²) < 4.78 is 4.77. The lowest BCUT2D eigenvalue weighted by Gasteiger charge is -2.37. The van der Waals surface area contributed by atoms with Crippen LogP contribution in [0.25, 0.3) is 0 Å². The number of unbranched alkanes of at least 4 members (excludes halogenated alkanes) is 2. The maximum atomic E-state index is 13.8. The van der Waals surface area contributed by atoms with E-state index < -0.39 is 22.9 Å². The summed E-state index contributed by atoms with van der Waals surface area (Å²) in [5, 5.41) is 5.95. The molecule has 2 fully saturated rings. The van der Waals surface area contributed by atoms with Gasteiger partial charge in [0.2, 0.25) is 11.8 Å². The molecule has 0 aromatic carbocycles. The van der Waals surface area contributed by atoms with Crippen LogP contribution in [0.5, 0.6) is 0 Å². The Morgan fingerprint density at radius 1 is 1.09 bits per heavy atom. The Bertz CT molecular complexity index is 682. The second-order valence-corrected chi connectivity index (χ2v) is 12.3. The summed E-state index contributed by atoms with van der Waals surface area (Å²) in [5.41, 5.74) is 6.00. The number of nitrogens with two attached hydrogens (primary N) is 1. The summed E-state index contributed by atoms with van der Waals surface area (Å²) in [7, 11) is 0. The van der Waals surface area contributed by atoms with Gasteiger partial charge in [0, 0.05) is 23.9 Å². The molecule has 35 heavy (non-hydrogen) atoms. The third-order valence-electron chi connectivity index (χ3n) is 7.20. The topological polar surface area (TPSA) is 114 Å². The zero-order chi connectivity index (χ0) is 25.8. The number of hydrogen-bond donors (Lipinski definition) is 3. The zero-order valence-corrected chi connectivity index (χ0v) is 23.1. The molecule has 1 saturated carbocycles. The molecule has 9 heteroatoms. The average molecular weight is 513 g/mol. The van der Waals surface area contributed by atoms with Crippen molar-refractivity contribution in [3.05, 3.63) is 0 Å².